The van der Waals surface area contributed by atoms with Gasteiger partial charge in [0.05, 0.1) is 17.1 Å². The number of amides is 2. The lowest BCUT2D eigenvalue weighted by atomic mass is 10.1. The Morgan fingerprint density at radius 2 is 1.69 bits per heavy atom. The van der Waals surface area contributed by atoms with Gasteiger partial charge < -0.3 is 20.1 Å². The molecule has 0 bridgehead atoms. The van der Waals surface area contributed by atoms with Crippen LogP contribution in [0.5, 0.6) is 11.5 Å². The molecule has 0 aromatic heterocycles. The molecule has 3 aromatic carbocycles. The summed E-state index contributed by atoms with van der Waals surface area (Å²) < 4.78 is 34.7. The standard InChI is InChI=1S/C26H28N2O6S/c1-28(14-7-15-33-21-10-6-11-22(17-21)35(2,31)32)26(30)20-9-5-8-19(16-20)18-34-24-13-4-3-12-23(24)25(27)29/h3-6,8-13,16-17H,7,14-15,18H2,1-2H3,(H2,27,29). The quantitative estimate of drug-likeness (QED) is 0.407. The molecule has 0 aliphatic rings. The average Bonchev–Trinajstić information content (AvgIpc) is 2.84. The number of primary amides is 1. The second kappa shape index (κ2) is 11.5. The molecule has 0 saturated heterocycles. The van der Waals surface area contributed by atoms with Gasteiger partial charge in [-0.25, -0.2) is 8.42 Å². The first-order chi connectivity index (χ1) is 16.6. The van der Waals surface area contributed by atoms with E-state index in [0.717, 1.165) is 11.8 Å². The van der Waals surface area contributed by atoms with Crippen molar-refractivity contribution in [3.63, 3.8) is 0 Å². The Morgan fingerprint density at radius 1 is 0.943 bits per heavy atom. The van der Waals surface area contributed by atoms with E-state index in [0.29, 0.717) is 42.2 Å². The molecule has 184 valence electrons. The molecule has 0 heterocycles. The fourth-order valence-corrected chi connectivity index (χ4v) is 4.02. The fraction of sp³-hybridized carbons (Fsp3) is 0.231. The fourth-order valence-electron chi connectivity index (χ4n) is 3.36. The van der Waals surface area contributed by atoms with Crippen LogP contribution >= 0.6 is 0 Å². The number of nitrogens with zero attached hydrogens (tertiary/aromatic N) is 1. The molecule has 0 spiro atoms. The zero-order valence-electron chi connectivity index (χ0n) is 19.6. The molecule has 0 aliphatic carbocycles. The van der Waals surface area contributed by atoms with Crippen molar-refractivity contribution in [2.45, 2.75) is 17.9 Å². The van der Waals surface area contributed by atoms with E-state index in [-0.39, 0.29) is 17.4 Å². The Morgan fingerprint density at radius 3 is 2.43 bits per heavy atom. The van der Waals surface area contributed by atoms with Gasteiger partial charge >= 0.3 is 0 Å². The normalized spacial score (nSPS) is 11.0. The van der Waals surface area contributed by atoms with Gasteiger partial charge in [0.15, 0.2) is 9.84 Å². The Hall–Kier alpha value is -3.85. The maximum Gasteiger partial charge on any atom is 0.253 e. The van der Waals surface area contributed by atoms with Crippen LogP contribution in [0.15, 0.2) is 77.7 Å². The summed E-state index contributed by atoms with van der Waals surface area (Å²) in [7, 11) is -1.60. The van der Waals surface area contributed by atoms with Gasteiger partial charge in [0, 0.05) is 25.4 Å². The molecule has 3 rings (SSSR count). The van der Waals surface area contributed by atoms with Gasteiger partial charge in [-0.3, -0.25) is 9.59 Å². The van der Waals surface area contributed by atoms with Crippen molar-refractivity contribution in [3.05, 3.63) is 89.5 Å². The van der Waals surface area contributed by atoms with Crippen LogP contribution in [0, 0.1) is 0 Å². The SMILES string of the molecule is CN(CCCOc1cccc(S(C)(=O)=O)c1)C(=O)c1cccc(COc2ccccc2C(N)=O)c1. The number of hydrogen-bond donors (Lipinski definition) is 1. The average molecular weight is 497 g/mol. The Kier molecular flexibility index (Phi) is 8.48. The highest BCUT2D eigenvalue weighted by Gasteiger charge is 2.13. The predicted octanol–water partition coefficient (Wildman–Crippen LogP) is 3.31. The third kappa shape index (κ3) is 7.31. The van der Waals surface area contributed by atoms with E-state index in [4.69, 9.17) is 15.2 Å². The molecule has 8 nitrogen and oxygen atoms in total. The van der Waals surface area contributed by atoms with Gasteiger partial charge in [-0.15, -0.1) is 0 Å². The van der Waals surface area contributed by atoms with E-state index in [1.54, 1.807) is 66.5 Å². The van der Waals surface area contributed by atoms with Crippen LogP contribution in [0.2, 0.25) is 0 Å². The second-order valence-electron chi connectivity index (χ2n) is 8.03. The summed E-state index contributed by atoms with van der Waals surface area (Å²) in [5, 5.41) is 0. The predicted molar refractivity (Wildman–Crippen MR) is 132 cm³/mol. The van der Waals surface area contributed by atoms with Crippen molar-refractivity contribution in [2.75, 3.05) is 26.5 Å². The minimum absolute atomic E-state index is 0.150. The van der Waals surface area contributed by atoms with E-state index in [1.165, 1.54) is 12.1 Å². The molecule has 2 amide bonds. The highest BCUT2D eigenvalue weighted by molar-refractivity contribution is 7.90. The van der Waals surface area contributed by atoms with Crippen LogP contribution < -0.4 is 15.2 Å². The van der Waals surface area contributed by atoms with E-state index in [2.05, 4.69) is 0 Å². The van der Waals surface area contributed by atoms with E-state index >= 15 is 0 Å². The third-order valence-corrected chi connectivity index (χ3v) is 6.32. The van der Waals surface area contributed by atoms with Crippen LogP contribution in [0.25, 0.3) is 0 Å². The molecule has 35 heavy (non-hydrogen) atoms. The Labute approximate surface area is 205 Å². The first kappa shape index (κ1) is 25.8. The van der Waals surface area contributed by atoms with Crippen LogP contribution in [-0.4, -0.2) is 51.6 Å². The monoisotopic (exact) mass is 496 g/mol. The van der Waals surface area contributed by atoms with Gasteiger partial charge in [-0.2, -0.15) is 0 Å². The topological polar surface area (TPSA) is 116 Å². The van der Waals surface area contributed by atoms with Crippen LogP contribution in [0.1, 0.15) is 32.7 Å². The summed E-state index contributed by atoms with van der Waals surface area (Å²) in [4.78, 5) is 26.2. The Bertz CT molecular complexity index is 1310. The zero-order valence-corrected chi connectivity index (χ0v) is 20.5. The highest BCUT2D eigenvalue weighted by atomic mass is 32.2. The minimum atomic E-state index is -3.30. The summed E-state index contributed by atoms with van der Waals surface area (Å²) in [6.45, 7) is 0.963. The molecule has 3 aromatic rings. The smallest absolute Gasteiger partial charge is 0.253 e. The summed E-state index contributed by atoms with van der Waals surface area (Å²) >= 11 is 0. The van der Waals surface area contributed by atoms with Crippen molar-refractivity contribution >= 4 is 21.7 Å². The summed E-state index contributed by atoms with van der Waals surface area (Å²) in [6, 6.07) is 20.1. The molecule has 0 fully saturated rings. The molecule has 0 radical (unpaired) electrons. The number of sulfone groups is 1. The van der Waals surface area contributed by atoms with Crippen molar-refractivity contribution in [3.8, 4) is 11.5 Å². The lowest BCUT2D eigenvalue weighted by Gasteiger charge is -2.18. The maximum absolute atomic E-state index is 12.9. The number of para-hydroxylation sites is 1. The third-order valence-electron chi connectivity index (χ3n) is 5.21. The molecule has 0 atom stereocenters. The first-order valence-electron chi connectivity index (χ1n) is 10.9. The number of hydrogen-bond acceptors (Lipinski definition) is 6. The van der Waals surface area contributed by atoms with Gasteiger partial charge in [0.1, 0.15) is 18.1 Å². The summed E-state index contributed by atoms with van der Waals surface area (Å²) in [5.74, 6) is 0.130. The number of benzene rings is 3. The number of ether oxygens (including phenoxy) is 2. The van der Waals surface area contributed by atoms with Crippen molar-refractivity contribution in [1.82, 2.24) is 4.90 Å². The number of rotatable bonds is 11. The Balaban J connectivity index is 1.52. The maximum atomic E-state index is 12.9. The van der Waals surface area contributed by atoms with E-state index < -0.39 is 15.7 Å². The first-order valence-corrected chi connectivity index (χ1v) is 12.8. The lowest BCUT2D eigenvalue weighted by molar-refractivity contribution is 0.0787. The van der Waals surface area contributed by atoms with Gasteiger partial charge in [-0.05, 0) is 54.4 Å². The van der Waals surface area contributed by atoms with Gasteiger partial charge in [0.2, 0.25) is 0 Å². The number of nitrogens with two attached hydrogens (primary N) is 1. The highest BCUT2D eigenvalue weighted by Crippen LogP contribution is 2.20. The minimum Gasteiger partial charge on any atom is -0.493 e. The van der Waals surface area contributed by atoms with Gasteiger partial charge in [-0.1, -0.05) is 30.3 Å². The van der Waals surface area contributed by atoms with Crippen molar-refractivity contribution < 1.29 is 27.5 Å². The molecular formula is C26H28N2O6S. The molecular weight excluding hydrogens is 468 g/mol. The van der Waals surface area contributed by atoms with Crippen LogP contribution in [0.4, 0.5) is 0 Å². The van der Waals surface area contributed by atoms with Crippen molar-refractivity contribution in [1.29, 1.82) is 0 Å². The number of carbonyl (C=O) groups is 2. The van der Waals surface area contributed by atoms with Crippen LogP contribution in [-0.2, 0) is 16.4 Å². The number of carbonyl (C=O) groups excluding carboxylic acids is 2. The molecule has 2 N–H and O–H groups in total. The van der Waals surface area contributed by atoms with Crippen molar-refractivity contribution in [2.24, 2.45) is 5.73 Å². The van der Waals surface area contributed by atoms with E-state index in [9.17, 15) is 18.0 Å². The lowest BCUT2D eigenvalue weighted by Crippen LogP contribution is -2.28. The zero-order chi connectivity index (χ0) is 25.4. The summed E-state index contributed by atoms with van der Waals surface area (Å²) in [5.41, 5.74) is 6.97. The largest absolute Gasteiger partial charge is 0.493 e. The second-order valence-corrected chi connectivity index (χ2v) is 10.0. The molecule has 9 heteroatoms. The molecule has 0 aliphatic heterocycles. The van der Waals surface area contributed by atoms with Gasteiger partial charge in [0.25, 0.3) is 11.8 Å². The molecule has 0 saturated carbocycles. The van der Waals surface area contributed by atoms with Crippen LogP contribution in [0.3, 0.4) is 0 Å². The molecule has 0 unspecified atom stereocenters. The summed E-state index contributed by atoms with van der Waals surface area (Å²) in [6.07, 6.45) is 1.71. The van der Waals surface area contributed by atoms with E-state index in [1.807, 2.05) is 6.07 Å².